The van der Waals surface area contributed by atoms with Gasteiger partial charge in [-0.05, 0) is 24.3 Å². The molecule has 1 atom stereocenters. The monoisotopic (exact) mass is 270 g/mol. The fourth-order valence-corrected chi connectivity index (χ4v) is 2.56. The number of rotatable bonds is 4. The molecular weight excluding hydrogens is 252 g/mol. The fourth-order valence-electron chi connectivity index (χ4n) is 1.85. The van der Waals surface area contributed by atoms with Crippen LogP contribution in [0.5, 0.6) is 0 Å². The van der Waals surface area contributed by atoms with Gasteiger partial charge in [0.15, 0.2) is 0 Å². The van der Waals surface area contributed by atoms with Crippen molar-refractivity contribution in [1.82, 2.24) is 10.6 Å². The van der Waals surface area contributed by atoms with Gasteiger partial charge in [0, 0.05) is 24.1 Å². The molecule has 0 aliphatic carbocycles. The molecule has 5 nitrogen and oxygen atoms in total. The first-order valence-corrected chi connectivity index (χ1v) is 6.97. The van der Waals surface area contributed by atoms with Crippen LogP contribution in [0.3, 0.4) is 0 Å². The van der Waals surface area contributed by atoms with Crippen LogP contribution in [0.1, 0.15) is 23.8 Å². The Labute approximate surface area is 110 Å². The molecule has 1 aromatic rings. The minimum atomic E-state index is -0.634. The number of hydrogen-bond donors (Lipinski definition) is 3. The van der Waals surface area contributed by atoms with E-state index in [0.717, 1.165) is 17.7 Å². The Hall–Kier alpha value is -1.11. The lowest BCUT2D eigenvalue weighted by atomic mass is 10.1. The molecule has 0 bridgehead atoms. The molecule has 2 heterocycles. The number of urea groups is 1. The highest BCUT2D eigenvalue weighted by Gasteiger charge is 2.16. The second-order valence-corrected chi connectivity index (χ2v) is 5.25. The highest BCUT2D eigenvalue weighted by molar-refractivity contribution is 7.10. The van der Waals surface area contributed by atoms with Crippen LogP contribution in [0.4, 0.5) is 4.79 Å². The fraction of sp³-hybridized carbons (Fsp3) is 0.583. The molecule has 0 radical (unpaired) electrons. The minimum Gasteiger partial charge on any atom is -0.386 e. The van der Waals surface area contributed by atoms with Crippen LogP contribution >= 0.6 is 11.3 Å². The maximum atomic E-state index is 11.6. The number of aliphatic hydroxyl groups excluding tert-OH is 1. The summed E-state index contributed by atoms with van der Waals surface area (Å²) < 4.78 is 5.22. The molecule has 1 unspecified atom stereocenters. The maximum absolute atomic E-state index is 11.6. The lowest BCUT2D eigenvalue weighted by Crippen LogP contribution is -2.45. The summed E-state index contributed by atoms with van der Waals surface area (Å²) >= 11 is 1.48. The van der Waals surface area contributed by atoms with Crippen molar-refractivity contribution in [3.63, 3.8) is 0 Å². The second-order valence-electron chi connectivity index (χ2n) is 4.27. The van der Waals surface area contributed by atoms with E-state index < -0.39 is 6.10 Å². The number of thiophene rings is 1. The van der Waals surface area contributed by atoms with Gasteiger partial charge in [0.1, 0.15) is 6.10 Å². The van der Waals surface area contributed by atoms with Crippen molar-refractivity contribution in [2.24, 2.45) is 0 Å². The van der Waals surface area contributed by atoms with Gasteiger partial charge in [0.25, 0.3) is 0 Å². The zero-order valence-electron chi connectivity index (χ0n) is 10.1. The predicted octanol–water partition coefficient (Wildman–Crippen LogP) is 1.26. The molecule has 0 spiro atoms. The normalized spacial score (nSPS) is 18.3. The van der Waals surface area contributed by atoms with Gasteiger partial charge in [-0.2, -0.15) is 0 Å². The summed E-state index contributed by atoms with van der Waals surface area (Å²) in [6.07, 6.45) is 1.06. The molecule has 2 rings (SSSR count). The van der Waals surface area contributed by atoms with E-state index in [4.69, 9.17) is 4.74 Å². The van der Waals surface area contributed by atoms with Crippen molar-refractivity contribution in [1.29, 1.82) is 0 Å². The van der Waals surface area contributed by atoms with Crippen LogP contribution in [0, 0.1) is 0 Å². The third kappa shape index (κ3) is 3.97. The minimum absolute atomic E-state index is 0.178. The lowest BCUT2D eigenvalue weighted by Gasteiger charge is -2.23. The van der Waals surface area contributed by atoms with E-state index in [9.17, 15) is 9.90 Å². The average Bonchev–Trinajstić information content (AvgIpc) is 2.91. The van der Waals surface area contributed by atoms with Crippen molar-refractivity contribution >= 4 is 17.4 Å². The highest BCUT2D eigenvalue weighted by Crippen LogP contribution is 2.17. The molecule has 18 heavy (non-hydrogen) atoms. The zero-order chi connectivity index (χ0) is 12.8. The van der Waals surface area contributed by atoms with E-state index in [1.54, 1.807) is 0 Å². The Balaban J connectivity index is 1.68. The first-order valence-electron chi connectivity index (χ1n) is 6.09. The molecule has 1 saturated heterocycles. The van der Waals surface area contributed by atoms with Gasteiger partial charge < -0.3 is 20.5 Å². The van der Waals surface area contributed by atoms with Crippen molar-refractivity contribution in [2.75, 3.05) is 19.8 Å². The summed E-state index contributed by atoms with van der Waals surface area (Å²) in [5, 5.41) is 17.3. The molecule has 3 N–H and O–H groups in total. The Kier molecular flexibility index (Phi) is 4.98. The summed E-state index contributed by atoms with van der Waals surface area (Å²) in [4.78, 5) is 12.5. The van der Waals surface area contributed by atoms with Crippen LogP contribution in [0.25, 0.3) is 0 Å². The lowest BCUT2D eigenvalue weighted by molar-refractivity contribution is 0.0798. The quantitative estimate of drug-likeness (QED) is 0.771. The molecule has 1 aromatic heterocycles. The van der Waals surface area contributed by atoms with E-state index in [2.05, 4.69) is 10.6 Å². The Morgan fingerprint density at radius 2 is 2.33 bits per heavy atom. The van der Waals surface area contributed by atoms with E-state index in [-0.39, 0.29) is 18.6 Å². The number of nitrogens with one attached hydrogen (secondary N) is 2. The van der Waals surface area contributed by atoms with Gasteiger partial charge in [-0.1, -0.05) is 6.07 Å². The number of ether oxygens (including phenoxy) is 1. The van der Waals surface area contributed by atoms with Gasteiger partial charge in [0.2, 0.25) is 0 Å². The number of amides is 2. The molecule has 0 saturated carbocycles. The second kappa shape index (κ2) is 6.72. The Morgan fingerprint density at radius 3 is 3.00 bits per heavy atom. The van der Waals surface area contributed by atoms with Crippen LogP contribution in [0.2, 0.25) is 0 Å². The van der Waals surface area contributed by atoms with Crippen molar-refractivity contribution in [2.45, 2.75) is 25.0 Å². The molecule has 1 fully saturated rings. The summed E-state index contributed by atoms with van der Waals surface area (Å²) in [6.45, 7) is 1.63. The van der Waals surface area contributed by atoms with Crippen molar-refractivity contribution < 1.29 is 14.6 Å². The molecule has 1 aliphatic rings. The Morgan fingerprint density at radius 1 is 1.56 bits per heavy atom. The molecule has 2 amide bonds. The first kappa shape index (κ1) is 13.3. The largest absolute Gasteiger partial charge is 0.386 e. The third-order valence-electron chi connectivity index (χ3n) is 2.88. The number of aliphatic hydroxyl groups is 1. The molecule has 1 aliphatic heterocycles. The molecule has 100 valence electrons. The van der Waals surface area contributed by atoms with Gasteiger partial charge in [-0.3, -0.25) is 0 Å². The number of hydrogen-bond acceptors (Lipinski definition) is 4. The van der Waals surface area contributed by atoms with Crippen LogP contribution in [-0.4, -0.2) is 36.9 Å². The maximum Gasteiger partial charge on any atom is 0.315 e. The molecule has 0 aromatic carbocycles. The number of carbonyl (C=O) groups is 1. The summed E-state index contributed by atoms with van der Waals surface area (Å²) in [5.41, 5.74) is 0. The van der Waals surface area contributed by atoms with E-state index in [0.29, 0.717) is 13.2 Å². The van der Waals surface area contributed by atoms with Gasteiger partial charge >= 0.3 is 6.03 Å². The van der Waals surface area contributed by atoms with E-state index in [1.807, 2.05) is 17.5 Å². The SMILES string of the molecule is O=C(NCC(O)c1cccs1)NC1CCOCC1. The first-order chi connectivity index (χ1) is 8.75. The summed E-state index contributed by atoms with van der Waals surface area (Å²) in [7, 11) is 0. The standard InChI is InChI=1S/C12H18N2O3S/c15-10(11-2-1-7-18-11)8-13-12(16)14-9-3-5-17-6-4-9/h1-2,7,9-10,15H,3-6,8H2,(H2,13,14,16). The van der Waals surface area contributed by atoms with Crippen LogP contribution in [0.15, 0.2) is 17.5 Å². The summed E-state index contributed by atoms with van der Waals surface area (Å²) in [6, 6.07) is 3.69. The average molecular weight is 270 g/mol. The Bertz CT molecular complexity index is 363. The molecule has 6 heteroatoms. The zero-order valence-corrected chi connectivity index (χ0v) is 10.9. The van der Waals surface area contributed by atoms with E-state index >= 15 is 0 Å². The topological polar surface area (TPSA) is 70.6 Å². The molecular formula is C12H18N2O3S. The third-order valence-corrected chi connectivity index (χ3v) is 3.86. The van der Waals surface area contributed by atoms with Gasteiger partial charge in [-0.15, -0.1) is 11.3 Å². The van der Waals surface area contributed by atoms with Gasteiger partial charge in [0.05, 0.1) is 6.54 Å². The smallest absolute Gasteiger partial charge is 0.315 e. The predicted molar refractivity (Wildman–Crippen MR) is 69.7 cm³/mol. The van der Waals surface area contributed by atoms with E-state index in [1.165, 1.54) is 11.3 Å². The van der Waals surface area contributed by atoms with Crippen LogP contribution in [-0.2, 0) is 4.74 Å². The van der Waals surface area contributed by atoms with Crippen LogP contribution < -0.4 is 10.6 Å². The van der Waals surface area contributed by atoms with Crippen molar-refractivity contribution in [3.8, 4) is 0 Å². The summed E-state index contributed by atoms with van der Waals surface area (Å²) in [5.74, 6) is 0. The van der Waals surface area contributed by atoms with Gasteiger partial charge in [-0.25, -0.2) is 4.79 Å². The highest BCUT2D eigenvalue weighted by atomic mass is 32.1. The van der Waals surface area contributed by atoms with Crippen molar-refractivity contribution in [3.05, 3.63) is 22.4 Å². The number of carbonyl (C=O) groups excluding carboxylic acids is 1.